The van der Waals surface area contributed by atoms with Crippen molar-refractivity contribution in [3.05, 3.63) is 18.4 Å². The molecule has 4 nitrogen and oxygen atoms in total. The Morgan fingerprint density at radius 1 is 1.62 bits per heavy atom. The predicted octanol–water partition coefficient (Wildman–Crippen LogP) is 1.67. The molecule has 1 aromatic heterocycles. The number of halogens is 1. The lowest BCUT2D eigenvalue weighted by Gasteiger charge is -2.26. The Balaban J connectivity index is 0.00000128. The molecular formula is C11H20ClN3O. The molecule has 0 amide bonds. The third-order valence-corrected chi connectivity index (χ3v) is 2.91. The summed E-state index contributed by atoms with van der Waals surface area (Å²) >= 11 is 0. The maximum absolute atomic E-state index is 5.00. The van der Waals surface area contributed by atoms with Crippen LogP contribution in [0.25, 0.3) is 0 Å². The quantitative estimate of drug-likeness (QED) is 0.857. The smallest absolute Gasteiger partial charge is 0.180 e. The van der Waals surface area contributed by atoms with E-state index in [9.17, 15) is 0 Å². The van der Waals surface area contributed by atoms with Crippen molar-refractivity contribution in [1.82, 2.24) is 15.2 Å². The van der Waals surface area contributed by atoms with Crippen LogP contribution in [0.15, 0.2) is 17.1 Å². The van der Waals surface area contributed by atoms with Crippen LogP contribution >= 0.6 is 12.4 Å². The molecule has 1 unspecified atom stereocenters. The van der Waals surface area contributed by atoms with Gasteiger partial charge in [0.05, 0.1) is 5.69 Å². The van der Waals surface area contributed by atoms with Gasteiger partial charge >= 0.3 is 0 Å². The van der Waals surface area contributed by atoms with Gasteiger partial charge < -0.3 is 9.73 Å². The first-order valence-electron chi connectivity index (χ1n) is 5.72. The maximum Gasteiger partial charge on any atom is 0.180 e. The molecule has 2 rings (SSSR count). The second-order valence-corrected chi connectivity index (χ2v) is 4.10. The highest BCUT2D eigenvalue weighted by molar-refractivity contribution is 5.85. The van der Waals surface area contributed by atoms with Gasteiger partial charge in [-0.25, -0.2) is 4.98 Å². The number of aromatic nitrogens is 1. The molecule has 1 aliphatic rings. The zero-order valence-electron chi connectivity index (χ0n) is 9.69. The average molecular weight is 246 g/mol. The van der Waals surface area contributed by atoms with Crippen LogP contribution in [-0.2, 0) is 6.54 Å². The Hall–Kier alpha value is -0.580. The van der Waals surface area contributed by atoms with Crippen molar-refractivity contribution >= 4 is 12.4 Å². The molecule has 0 radical (unpaired) electrons. The molecule has 16 heavy (non-hydrogen) atoms. The molecule has 92 valence electrons. The molecule has 2 heterocycles. The normalized spacial score (nSPS) is 20.0. The SMILES string of the molecule is CCCN(Cc1cocn1)C1CCNC1.Cl. The summed E-state index contributed by atoms with van der Waals surface area (Å²) in [7, 11) is 0. The van der Waals surface area contributed by atoms with Gasteiger partial charge in [-0.2, -0.15) is 0 Å². The molecule has 1 aliphatic heterocycles. The number of hydrogen-bond donors (Lipinski definition) is 1. The monoisotopic (exact) mass is 245 g/mol. The van der Waals surface area contributed by atoms with Crippen molar-refractivity contribution in [1.29, 1.82) is 0 Å². The summed E-state index contributed by atoms with van der Waals surface area (Å²) in [6.07, 6.45) is 5.68. The fourth-order valence-corrected chi connectivity index (χ4v) is 2.15. The second kappa shape index (κ2) is 6.89. The first kappa shape index (κ1) is 13.5. The number of hydrogen-bond acceptors (Lipinski definition) is 4. The second-order valence-electron chi connectivity index (χ2n) is 4.10. The van der Waals surface area contributed by atoms with E-state index in [1.54, 1.807) is 6.26 Å². The molecule has 1 saturated heterocycles. The molecule has 0 aromatic carbocycles. The molecule has 1 atom stereocenters. The first-order chi connectivity index (χ1) is 7.40. The molecule has 0 bridgehead atoms. The summed E-state index contributed by atoms with van der Waals surface area (Å²) in [4.78, 5) is 6.68. The van der Waals surface area contributed by atoms with E-state index in [0.29, 0.717) is 6.04 Å². The first-order valence-corrected chi connectivity index (χ1v) is 5.72. The van der Waals surface area contributed by atoms with Crippen molar-refractivity contribution in [3.8, 4) is 0 Å². The van der Waals surface area contributed by atoms with E-state index in [-0.39, 0.29) is 12.4 Å². The van der Waals surface area contributed by atoms with Crippen molar-refractivity contribution in [3.63, 3.8) is 0 Å². The van der Waals surface area contributed by atoms with Gasteiger partial charge in [0, 0.05) is 19.1 Å². The third kappa shape index (κ3) is 3.47. The lowest BCUT2D eigenvalue weighted by atomic mass is 10.2. The lowest BCUT2D eigenvalue weighted by Crippen LogP contribution is -2.36. The Morgan fingerprint density at radius 2 is 2.50 bits per heavy atom. The van der Waals surface area contributed by atoms with E-state index in [2.05, 4.69) is 22.1 Å². The van der Waals surface area contributed by atoms with Gasteiger partial charge in [-0.05, 0) is 25.9 Å². The van der Waals surface area contributed by atoms with Gasteiger partial charge in [0.2, 0.25) is 0 Å². The van der Waals surface area contributed by atoms with E-state index >= 15 is 0 Å². The van der Waals surface area contributed by atoms with Gasteiger partial charge in [0.1, 0.15) is 6.26 Å². The highest BCUT2D eigenvalue weighted by Gasteiger charge is 2.22. The number of nitrogens with one attached hydrogen (secondary N) is 1. The van der Waals surface area contributed by atoms with Crippen molar-refractivity contribution in [2.24, 2.45) is 0 Å². The minimum atomic E-state index is 0. The van der Waals surface area contributed by atoms with E-state index in [0.717, 1.165) is 31.9 Å². The van der Waals surface area contributed by atoms with Crippen LogP contribution < -0.4 is 5.32 Å². The topological polar surface area (TPSA) is 41.3 Å². The number of nitrogens with zero attached hydrogens (tertiary/aromatic N) is 2. The summed E-state index contributed by atoms with van der Waals surface area (Å²) in [5.41, 5.74) is 1.04. The lowest BCUT2D eigenvalue weighted by molar-refractivity contribution is 0.197. The molecule has 0 spiro atoms. The zero-order valence-corrected chi connectivity index (χ0v) is 10.5. The minimum absolute atomic E-state index is 0. The van der Waals surface area contributed by atoms with Gasteiger partial charge in [-0.15, -0.1) is 12.4 Å². The Morgan fingerprint density at radius 3 is 3.06 bits per heavy atom. The van der Waals surface area contributed by atoms with Gasteiger partial charge in [0.25, 0.3) is 0 Å². The molecule has 1 aromatic rings. The van der Waals surface area contributed by atoms with Crippen LogP contribution in [-0.4, -0.2) is 35.6 Å². The van der Waals surface area contributed by atoms with Crippen LogP contribution in [0.5, 0.6) is 0 Å². The van der Waals surface area contributed by atoms with Crippen LogP contribution in [0.4, 0.5) is 0 Å². The summed E-state index contributed by atoms with van der Waals surface area (Å²) in [6, 6.07) is 0.668. The highest BCUT2D eigenvalue weighted by Crippen LogP contribution is 2.12. The standard InChI is InChI=1S/C11H19N3O.ClH/c1-2-5-14(11-3-4-12-6-11)7-10-8-15-9-13-10;/h8-9,11-12H,2-7H2,1H3;1H. The Bertz CT molecular complexity index is 273. The van der Waals surface area contributed by atoms with Gasteiger partial charge in [0.15, 0.2) is 6.39 Å². The zero-order chi connectivity index (χ0) is 10.5. The number of oxazole rings is 1. The molecule has 0 saturated carbocycles. The molecular weight excluding hydrogens is 226 g/mol. The summed E-state index contributed by atoms with van der Waals surface area (Å²) in [5, 5.41) is 3.41. The molecule has 1 N–H and O–H groups in total. The van der Waals surface area contributed by atoms with Gasteiger partial charge in [-0.3, -0.25) is 4.90 Å². The Kier molecular flexibility index (Phi) is 5.80. The highest BCUT2D eigenvalue weighted by atomic mass is 35.5. The van der Waals surface area contributed by atoms with Crippen molar-refractivity contribution < 1.29 is 4.42 Å². The molecule has 5 heteroatoms. The molecule has 0 aliphatic carbocycles. The van der Waals surface area contributed by atoms with Crippen molar-refractivity contribution in [2.45, 2.75) is 32.4 Å². The third-order valence-electron chi connectivity index (χ3n) is 2.91. The number of rotatable bonds is 5. The minimum Gasteiger partial charge on any atom is -0.451 e. The fraction of sp³-hybridized carbons (Fsp3) is 0.727. The van der Waals surface area contributed by atoms with Crippen LogP contribution in [0, 0.1) is 0 Å². The Labute approximate surface area is 103 Å². The summed E-state index contributed by atoms with van der Waals surface area (Å²) in [6.45, 7) is 6.52. The average Bonchev–Trinajstić information content (AvgIpc) is 2.89. The largest absolute Gasteiger partial charge is 0.451 e. The van der Waals surface area contributed by atoms with Crippen LogP contribution in [0.3, 0.4) is 0 Å². The maximum atomic E-state index is 5.00. The summed E-state index contributed by atoms with van der Waals surface area (Å²) in [5.74, 6) is 0. The van der Waals surface area contributed by atoms with Gasteiger partial charge in [-0.1, -0.05) is 6.92 Å². The summed E-state index contributed by atoms with van der Waals surface area (Å²) < 4.78 is 5.00. The van der Waals surface area contributed by atoms with Crippen LogP contribution in [0.1, 0.15) is 25.5 Å². The predicted molar refractivity (Wildman–Crippen MR) is 65.7 cm³/mol. The fourth-order valence-electron chi connectivity index (χ4n) is 2.15. The van der Waals surface area contributed by atoms with E-state index in [1.807, 2.05) is 0 Å². The van der Waals surface area contributed by atoms with E-state index in [4.69, 9.17) is 4.42 Å². The van der Waals surface area contributed by atoms with E-state index < -0.39 is 0 Å². The molecule has 1 fully saturated rings. The van der Waals surface area contributed by atoms with Crippen LogP contribution in [0.2, 0.25) is 0 Å². The van der Waals surface area contributed by atoms with E-state index in [1.165, 1.54) is 19.2 Å². The van der Waals surface area contributed by atoms with Crippen molar-refractivity contribution in [2.75, 3.05) is 19.6 Å².